The van der Waals surface area contributed by atoms with Crippen molar-refractivity contribution in [1.29, 1.82) is 0 Å². The van der Waals surface area contributed by atoms with Gasteiger partial charge in [-0.1, -0.05) is 55.5 Å². The van der Waals surface area contributed by atoms with Crippen molar-refractivity contribution in [3.05, 3.63) is 71.8 Å². The highest BCUT2D eigenvalue weighted by Crippen LogP contribution is 2.19. The average molecular weight is 368 g/mol. The molecule has 0 heterocycles. The van der Waals surface area contributed by atoms with Crippen LogP contribution in [0.4, 0.5) is 0 Å². The highest BCUT2D eigenvalue weighted by Gasteiger charge is 2.23. The molecule has 0 radical (unpaired) electrons. The number of amides is 2. The highest BCUT2D eigenvalue weighted by atomic mass is 16.4. The Morgan fingerprint density at radius 2 is 1.56 bits per heavy atom. The first-order valence-electron chi connectivity index (χ1n) is 8.76. The Labute approximate surface area is 158 Å². The minimum Gasteiger partial charge on any atom is -0.481 e. The van der Waals surface area contributed by atoms with Crippen molar-refractivity contribution in [2.75, 3.05) is 13.6 Å². The second kappa shape index (κ2) is 9.52. The summed E-state index contributed by atoms with van der Waals surface area (Å²) in [6.45, 7) is 1.67. The Balaban J connectivity index is 2.12. The summed E-state index contributed by atoms with van der Waals surface area (Å²) in [7, 11) is 1.57. The van der Waals surface area contributed by atoms with Gasteiger partial charge in [0.15, 0.2) is 0 Å². The number of carboxylic acids is 1. The van der Waals surface area contributed by atoms with Crippen LogP contribution in [0.1, 0.15) is 35.3 Å². The van der Waals surface area contributed by atoms with Gasteiger partial charge in [0.05, 0.1) is 18.4 Å². The van der Waals surface area contributed by atoms with Gasteiger partial charge in [-0.25, -0.2) is 0 Å². The van der Waals surface area contributed by atoms with Crippen LogP contribution in [0.15, 0.2) is 60.7 Å². The van der Waals surface area contributed by atoms with E-state index in [0.29, 0.717) is 5.56 Å². The SMILES string of the molecule is CC(CN(C)C(=O)CC(NC(=O)c1ccccc1)c1ccccc1)C(=O)O. The van der Waals surface area contributed by atoms with Crippen molar-refractivity contribution in [2.24, 2.45) is 5.92 Å². The molecule has 2 rings (SSSR count). The van der Waals surface area contributed by atoms with Crippen molar-refractivity contribution in [2.45, 2.75) is 19.4 Å². The molecule has 2 atom stereocenters. The molecule has 142 valence electrons. The van der Waals surface area contributed by atoms with E-state index in [0.717, 1.165) is 5.56 Å². The zero-order valence-corrected chi connectivity index (χ0v) is 15.5. The van der Waals surface area contributed by atoms with E-state index in [2.05, 4.69) is 5.32 Å². The van der Waals surface area contributed by atoms with E-state index in [1.807, 2.05) is 36.4 Å². The van der Waals surface area contributed by atoms with Gasteiger partial charge in [-0.05, 0) is 17.7 Å². The predicted octanol–water partition coefficient (Wildman–Crippen LogP) is 2.73. The molecule has 0 fully saturated rings. The second-order valence-electron chi connectivity index (χ2n) is 6.52. The largest absolute Gasteiger partial charge is 0.481 e. The molecule has 6 heteroatoms. The van der Waals surface area contributed by atoms with Gasteiger partial charge in [0.2, 0.25) is 5.91 Å². The number of nitrogens with zero attached hydrogens (tertiary/aromatic N) is 1. The van der Waals surface area contributed by atoms with E-state index >= 15 is 0 Å². The lowest BCUT2D eigenvalue weighted by Gasteiger charge is -2.24. The van der Waals surface area contributed by atoms with Crippen LogP contribution >= 0.6 is 0 Å². The first-order chi connectivity index (χ1) is 12.9. The minimum atomic E-state index is -0.952. The van der Waals surface area contributed by atoms with Crippen LogP contribution in [0.5, 0.6) is 0 Å². The number of carboxylic acid groups (broad SMARTS) is 1. The Morgan fingerprint density at radius 3 is 2.11 bits per heavy atom. The van der Waals surface area contributed by atoms with E-state index < -0.39 is 17.9 Å². The molecule has 0 saturated heterocycles. The Bertz CT molecular complexity index is 777. The zero-order chi connectivity index (χ0) is 19.8. The molecule has 2 amide bonds. The van der Waals surface area contributed by atoms with Crippen molar-refractivity contribution in [3.63, 3.8) is 0 Å². The van der Waals surface area contributed by atoms with Crippen molar-refractivity contribution in [3.8, 4) is 0 Å². The number of nitrogens with one attached hydrogen (secondary N) is 1. The summed E-state index contributed by atoms with van der Waals surface area (Å²) in [5.41, 5.74) is 1.33. The molecule has 0 bridgehead atoms. The number of carbonyl (C=O) groups excluding carboxylic acids is 2. The summed E-state index contributed by atoms with van der Waals surface area (Å²) in [6, 6.07) is 17.5. The smallest absolute Gasteiger partial charge is 0.308 e. The molecule has 0 aliphatic rings. The molecule has 27 heavy (non-hydrogen) atoms. The van der Waals surface area contributed by atoms with Crippen molar-refractivity contribution < 1.29 is 19.5 Å². The van der Waals surface area contributed by atoms with Gasteiger partial charge in [0.1, 0.15) is 0 Å². The Kier molecular flexibility index (Phi) is 7.11. The summed E-state index contributed by atoms with van der Waals surface area (Å²) in [6.07, 6.45) is 0.0470. The molecule has 6 nitrogen and oxygen atoms in total. The number of rotatable bonds is 8. The average Bonchev–Trinajstić information content (AvgIpc) is 2.68. The monoisotopic (exact) mass is 368 g/mol. The molecule has 2 unspecified atom stereocenters. The summed E-state index contributed by atoms with van der Waals surface area (Å²) < 4.78 is 0. The van der Waals surface area contributed by atoms with Crippen molar-refractivity contribution >= 4 is 17.8 Å². The van der Waals surface area contributed by atoms with Crippen LogP contribution in [0.2, 0.25) is 0 Å². The normalized spacial score (nSPS) is 12.7. The predicted molar refractivity (Wildman–Crippen MR) is 102 cm³/mol. The summed E-state index contributed by atoms with van der Waals surface area (Å²) in [4.78, 5) is 37.5. The van der Waals surface area contributed by atoms with Crippen molar-refractivity contribution in [1.82, 2.24) is 10.2 Å². The van der Waals surface area contributed by atoms with E-state index in [1.165, 1.54) is 4.90 Å². The van der Waals surface area contributed by atoms with Crippen LogP contribution < -0.4 is 5.32 Å². The maximum Gasteiger partial charge on any atom is 0.308 e. The fraction of sp³-hybridized carbons (Fsp3) is 0.286. The van der Waals surface area contributed by atoms with Crippen LogP contribution in [0.25, 0.3) is 0 Å². The number of hydrogen-bond acceptors (Lipinski definition) is 3. The van der Waals surface area contributed by atoms with E-state index in [-0.39, 0.29) is 24.8 Å². The molecular formula is C21H24N2O4. The summed E-state index contributed by atoms with van der Waals surface area (Å²) in [5, 5.41) is 11.9. The van der Waals surface area contributed by atoms with E-state index in [1.54, 1.807) is 38.2 Å². The van der Waals surface area contributed by atoms with Gasteiger partial charge in [-0.2, -0.15) is 0 Å². The van der Waals surface area contributed by atoms with Gasteiger partial charge in [0.25, 0.3) is 5.91 Å². The lowest BCUT2D eigenvalue weighted by atomic mass is 10.0. The van der Waals surface area contributed by atoms with Crippen LogP contribution in [0, 0.1) is 5.92 Å². The fourth-order valence-electron chi connectivity index (χ4n) is 2.69. The van der Waals surface area contributed by atoms with E-state index in [4.69, 9.17) is 5.11 Å². The van der Waals surface area contributed by atoms with Gasteiger partial charge in [-0.3, -0.25) is 14.4 Å². The number of benzene rings is 2. The first kappa shape index (κ1) is 20.2. The molecule has 0 saturated carbocycles. The molecule has 2 aromatic rings. The summed E-state index contributed by atoms with van der Waals surface area (Å²) >= 11 is 0. The molecule has 0 aliphatic heterocycles. The number of carbonyl (C=O) groups is 3. The maximum atomic E-state index is 12.6. The zero-order valence-electron chi connectivity index (χ0n) is 15.5. The van der Waals surface area contributed by atoms with Gasteiger partial charge in [-0.15, -0.1) is 0 Å². The molecule has 2 N–H and O–H groups in total. The highest BCUT2D eigenvalue weighted by molar-refractivity contribution is 5.94. The topological polar surface area (TPSA) is 86.7 Å². The van der Waals surface area contributed by atoms with Crippen LogP contribution in [0.3, 0.4) is 0 Å². The second-order valence-corrected chi connectivity index (χ2v) is 6.52. The fourth-order valence-corrected chi connectivity index (χ4v) is 2.69. The summed E-state index contributed by atoms with van der Waals surface area (Å²) in [5.74, 6) is -2.11. The molecule has 0 spiro atoms. The quantitative estimate of drug-likeness (QED) is 0.750. The third-order valence-corrected chi connectivity index (χ3v) is 4.32. The minimum absolute atomic E-state index is 0.0470. The molecular weight excluding hydrogens is 344 g/mol. The molecule has 0 aromatic heterocycles. The maximum absolute atomic E-state index is 12.6. The van der Waals surface area contributed by atoms with Crippen LogP contribution in [-0.4, -0.2) is 41.4 Å². The van der Waals surface area contributed by atoms with Crippen LogP contribution in [-0.2, 0) is 9.59 Å². The van der Waals surface area contributed by atoms with Gasteiger partial charge in [0, 0.05) is 19.2 Å². The Morgan fingerprint density at radius 1 is 1.00 bits per heavy atom. The first-order valence-corrected chi connectivity index (χ1v) is 8.76. The van der Waals surface area contributed by atoms with E-state index in [9.17, 15) is 14.4 Å². The number of hydrogen-bond donors (Lipinski definition) is 2. The lowest BCUT2D eigenvalue weighted by molar-refractivity contribution is -0.142. The van der Waals surface area contributed by atoms with Gasteiger partial charge < -0.3 is 15.3 Å². The number of aliphatic carboxylic acids is 1. The van der Waals surface area contributed by atoms with Gasteiger partial charge >= 0.3 is 5.97 Å². The molecule has 2 aromatic carbocycles. The third-order valence-electron chi connectivity index (χ3n) is 4.32. The Hall–Kier alpha value is -3.15. The molecule has 0 aliphatic carbocycles. The standard InChI is InChI=1S/C21H24N2O4/c1-15(21(26)27)14-23(2)19(24)13-18(16-9-5-3-6-10-16)22-20(25)17-11-7-4-8-12-17/h3-12,15,18H,13-14H2,1-2H3,(H,22,25)(H,26,27). The lowest BCUT2D eigenvalue weighted by Crippen LogP contribution is -2.37. The third kappa shape index (κ3) is 5.95.